The summed E-state index contributed by atoms with van der Waals surface area (Å²) in [6.45, 7) is 3.64. The first-order chi connectivity index (χ1) is 8.13. The van der Waals surface area contributed by atoms with Gasteiger partial charge in [-0.25, -0.2) is 4.79 Å². The molecule has 0 saturated carbocycles. The van der Waals surface area contributed by atoms with Crippen LogP contribution in [-0.2, 0) is 9.59 Å². The number of rotatable bonds is 3. The molecule has 1 aliphatic rings. The van der Waals surface area contributed by atoms with Crippen LogP contribution in [0.1, 0.15) is 18.4 Å². The third-order valence-corrected chi connectivity index (χ3v) is 2.90. The van der Waals surface area contributed by atoms with Crippen molar-refractivity contribution < 1.29 is 14.7 Å². The quantitative estimate of drug-likeness (QED) is 0.864. The number of carbonyl (C=O) groups excluding carboxylic acids is 1. The molecule has 0 unspecified atom stereocenters. The first-order valence-corrected chi connectivity index (χ1v) is 5.41. The van der Waals surface area contributed by atoms with Gasteiger partial charge in [0.1, 0.15) is 6.04 Å². The number of carboxylic acids is 1. The molecule has 1 aromatic rings. The van der Waals surface area contributed by atoms with Gasteiger partial charge in [0.05, 0.1) is 0 Å². The Hall–Kier alpha value is -2.10. The molecule has 17 heavy (non-hydrogen) atoms. The van der Waals surface area contributed by atoms with Crippen molar-refractivity contribution in [1.29, 1.82) is 0 Å². The van der Waals surface area contributed by atoms with Gasteiger partial charge in [0.25, 0.3) is 0 Å². The van der Waals surface area contributed by atoms with Crippen LogP contribution in [0.4, 0.5) is 5.69 Å². The summed E-state index contributed by atoms with van der Waals surface area (Å²) >= 11 is 0. The van der Waals surface area contributed by atoms with Crippen LogP contribution >= 0.6 is 0 Å². The lowest BCUT2D eigenvalue weighted by molar-refractivity contribution is -0.138. The third-order valence-electron chi connectivity index (χ3n) is 2.90. The molecule has 1 fully saturated rings. The fourth-order valence-corrected chi connectivity index (χ4v) is 2.01. The molecule has 1 aromatic carbocycles. The van der Waals surface area contributed by atoms with E-state index in [0.29, 0.717) is 18.5 Å². The van der Waals surface area contributed by atoms with Crippen molar-refractivity contribution in [2.75, 3.05) is 4.90 Å². The van der Waals surface area contributed by atoms with Crippen LogP contribution in [0.2, 0.25) is 0 Å². The fraction of sp³-hybridized carbons (Fsp3) is 0.231. The van der Waals surface area contributed by atoms with Gasteiger partial charge in [-0.3, -0.25) is 9.69 Å². The van der Waals surface area contributed by atoms with Crippen molar-refractivity contribution in [2.45, 2.75) is 18.9 Å². The van der Waals surface area contributed by atoms with Crippen LogP contribution in [0.5, 0.6) is 0 Å². The van der Waals surface area contributed by atoms with Gasteiger partial charge >= 0.3 is 5.97 Å². The van der Waals surface area contributed by atoms with Crippen molar-refractivity contribution in [1.82, 2.24) is 0 Å². The minimum atomic E-state index is -0.955. The molecule has 1 heterocycles. The topological polar surface area (TPSA) is 57.6 Å². The Morgan fingerprint density at radius 2 is 2.06 bits per heavy atom. The van der Waals surface area contributed by atoms with Crippen LogP contribution in [0, 0.1) is 0 Å². The second-order valence-electron chi connectivity index (χ2n) is 3.95. The lowest BCUT2D eigenvalue weighted by Crippen LogP contribution is -2.38. The molecular weight excluding hydrogens is 218 g/mol. The zero-order chi connectivity index (χ0) is 12.4. The Balaban J connectivity index is 2.32. The number of hydrogen-bond acceptors (Lipinski definition) is 2. The lowest BCUT2D eigenvalue weighted by Gasteiger charge is -2.21. The van der Waals surface area contributed by atoms with Crippen LogP contribution < -0.4 is 4.90 Å². The minimum absolute atomic E-state index is 0.135. The SMILES string of the molecule is C=Cc1ccc(N2C(=O)CC[C@H]2C(=O)O)cc1. The number of hydrogen-bond donors (Lipinski definition) is 1. The van der Waals surface area contributed by atoms with Crippen LogP contribution in [0.15, 0.2) is 30.8 Å². The average Bonchev–Trinajstić information content (AvgIpc) is 2.71. The van der Waals surface area contributed by atoms with Crippen molar-refractivity contribution >= 4 is 23.6 Å². The van der Waals surface area contributed by atoms with E-state index in [0.717, 1.165) is 5.56 Å². The molecule has 0 aliphatic carbocycles. The number of carboxylic acid groups (broad SMARTS) is 1. The molecule has 0 spiro atoms. The van der Waals surface area contributed by atoms with Crippen molar-refractivity contribution in [2.24, 2.45) is 0 Å². The van der Waals surface area contributed by atoms with Gasteiger partial charge in [-0.15, -0.1) is 0 Å². The van der Waals surface area contributed by atoms with E-state index in [1.807, 2.05) is 12.1 Å². The van der Waals surface area contributed by atoms with E-state index >= 15 is 0 Å². The highest BCUT2D eigenvalue weighted by molar-refractivity contribution is 6.02. The predicted molar refractivity (Wildman–Crippen MR) is 64.7 cm³/mol. The van der Waals surface area contributed by atoms with Crippen LogP contribution in [0.25, 0.3) is 6.08 Å². The number of nitrogens with zero attached hydrogens (tertiary/aromatic N) is 1. The van der Waals surface area contributed by atoms with Crippen molar-refractivity contribution in [3.63, 3.8) is 0 Å². The molecular formula is C13H13NO3. The molecule has 4 nitrogen and oxygen atoms in total. The fourth-order valence-electron chi connectivity index (χ4n) is 2.01. The monoisotopic (exact) mass is 231 g/mol. The predicted octanol–water partition coefficient (Wildman–Crippen LogP) is 1.91. The molecule has 88 valence electrons. The number of anilines is 1. The highest BCUT2D eigenvalue weighted by Crippen LogP contribution is 2.27. The summed E-state index contributed by atoms with van der Waals surface area (Å²) in [6, 6.07) is 6.38. The molecule has 0 aromatic heterocycles. The minimum Gasteiger partial charge on any atom is -0.480 e. The molecule has 2 rings (SSSR count). The maximum atomic E-state index is 11.7. The Labute approximate surface area is 99.2 Å². The number of benzene rings is 1. The Kier molecular flexibility index (Phi) is 2.95. The summed E-state index contributed by atoms with van der Waals surface area (Å²) in [6.07, 6.45) is 2.36. The maximum absolute atomic E-state index is 11.7. The van der Waals surface area contributed by atoms with Gasteiger partial charge in [-0.2, -0.15) is 0 Å². The van der Waals surface area contributed by atoms with E-state index in [9.17, 15) is 9.59 Å². The molecule has 0 radical (unpaired) electrons. The van der Waals surface area contributed by atoms with E-state index < -0.39 is 12.0 Å². The van der Waals surface area contributed by atoms with Crippen LogP contribution in [0.3, 0.4) is 0 Å². The zero-order valence-electron chi connectivity index (χ0n) is 9.30. The molecule has 1 N–H and O–H groups in total. The maximum Gasteiger partial charge on any atom is 0.326 e. The Morgan fingerprint density at radius 3 is 2.59 bits per heavy atom. The first kappa shape index (κ1) is 11.4. The summed E-state index contributed by atoms with van der Waals surface area (Å²) in [5.41, 5.74) is 1.57. The van der Waals surface area contributed by atoms with Crippen LogP contribution in [-0.4, -0.2) is 23.0 Å². The highest BCUT2D eigenvalue weighted by Gasteiger charge is 2.36. The van der Waals surface area contributed by atoms with Crippen molar-refractivity contribution in [3.05, 3.63) is 36.4 Å². The molecule has 4 heteroatoms. The second-order valence-corrected chi connectivity index (χ2v) is 3.95. The number of amides is 1. The van der Waals surface area contributed by atoms with E-state index in [1.165, 1.54) is 4.90 Å². The molecule has 1 aliphatic heterocycles. The second kappa shape index (κ2) is 4.41. The summed E-state index contributed by atoms with van der Waals surface area (Å²) in [5.74, 6) is -1.09. The summed E-state index contributed by atoms with van der Waals surface area (Å²) in [5, 5.41) is 9.05. The summed E-state index contributed by atoms with van der Waals surface area (Å²) in [4.78, 5) is 24.1. The molecule has 1 saturated heterocycles. The summed E-state index contributed by atoms with van der Waals surface area (Å²) < 4.78 is 0. The Bertz CT molecular complexity index is 464. The standard InChI is InChI=1S/C13H13NO3/c1-2-9-3-5-10(6-4-9)14-11(13(16)17)7-8-12(14)15/h2-6,11H,1,7-8H2,(H,16,17)/t11-/m0/s1. The van der Waals surface area contributed by atoms with E-state index in [4.69, 9.17) is 5.11 Å². The smallest absolute Gasteiger partial charge is 0.326 e. The highest BCUT2D eigenvalue weighted by atomic mass is 16.4. The molecule has 0 bridgehead atoms. The molecule has 1 amide bonds. The largest absolute Gasteiger partial charge is 0.480 e. The van der Waals surface area contributed by atoms with Gasteiger partial charge < -0.3 is 5.11 Å². The van der Waals surface area contributed by atoms with Gasteiger partial charge in [-0.05, 0) is 24.1 Å². The third kappa shape index (κ3) is 2.06. The van der Waals surface area contributed by atoms with E-state index in [-0.39, 0.29) is 5.91 Å². The lowest BCUT2D eigenvalue weighted by atomic mass is 10.1. The summed E-state index contributed by atoms with van der Waals surface area (Å²) in [7, 11) is 0. The number of aliphatic carboxylic acids is 1. The Morgan fingerprint density at radius 1 is 1.41 bits per heavy atom. The molecule has 1 atom stereocenters. The van der Waals surface area contributed by atoms with Crippen molar-refractivity contribution in [3.8, 4) is 0 Å². The first-order valence-electron chi connectivity index (χ1n) is 5.41. The van der Waals surface area contributed by atoms with Gasteiger partial charge in [0.15, 0.2) is 0 Å². The number of carbonyl (C=O) groups is 2. The van der Waals surface area contributed by atoms with Gasteiger partial charge in [0.2, 0.25) is 5.91 Å². The van der Waals surface area contributed by atoms with E-state index in [2.05, 4.69) is 6.58 Å². The average molecular weight is 231 g/mol. The zero-order valence-corrected chi connectivity index (χ0v) is 9.30. The van der Waals surface area contributed by atoms with Gasteiger partial charge in [0, 0.05) is 12.1 Å². The normalized spacial score (nSPS) is 19.4. The van der Waals surface area contributed by atoms with E-state index in [1.54, 1.807) is 18.2 Å². The van der Waals surface area contributed by atoms with Gasteiger partial charge in [-0.1, -0.05) is 24.8 Å².